The summed E-state index contributed by atoms with van der Waals surface area (Å²) >= 11 is 6.36. The first-order valence-corrected chi connectivity index (χ1v) is 11.7. The van der Waals surface area contributed by atoms with E-state index in [0.29, 0.717) is 53.7 Å². The second kappa shape index (κ2) is 10.1. The van der Waals surface area contributed by atoms with E-state index < -0.39 is 5.82 Å². The topological polar surface area (TPSA) is 88.6 Å². The number of carbonyl (C=O) groups is 1. The number of piperidine rings is 1. The molecule has 0 aliphatic carbocycles. The summed E-state index contributed by atoms with van der Waals surface area (Å²) in [6.07, 6.45) is 3.54. The molecule has 0 spiro atoms. The normalized spacial score (nSPS) is 17.1. The fourth-order valence-corrected chi connectivity index (χ4v) is 4.34. The number of anilines is 2. The van der Waals surface area contributed by atoms with Gasteiger partial charge in [-0.2, -0.15) is 0 Å². The summed E-state index contributed by atoms with van der Waals surface area (Å²) in [6, 6.07) is 7.96. The van der Waals surface area contributed by atoms with Crippen LogP contribution in [0.25, 0.3) is 10.9 Å². The van der Waals surface area contributed by atoms with Gasteiger partial charge in [-0.05, 0) is 56.3 Å². The molecule has 0 atom stereocenters. The molecule has 0 unspecified atom stereocenters. The Morgan fingerprint density at radius 1 is 1.21 bits per heavy atom. The third-order valence-electron chi connectivity index (χ3n) is 5.99. The van der Waals surface area contributed by atoms with Crippen molar-refractivity contribution in [1.82, 2.24) is 20.2 Å². The number of carbonyl (C=O) groups excluding carboxylic acids is 1. The van der Waals surface area contributed by atoms with Crippen LogP contribution >= 0.6 is 11.6 Å². The van der Waals surface area contributed by atoms with Crippen LogP contribution in [0.2, 0.25) is 5.02 Å². The number of nitrogens with one attached hydrogen (secondary N) is 2. The van der Waals surface area contributed by atoms with E-state index in [1.54, 1.807) is 23.2 Å². The molecule has 1 amide bonds. The van der Waals surface area contributed by atoms with Crippen molar-refractivity contribution < 1.29 is 18.7 Å². The minimum absolute atomic E-state index is 0.0244. The number of hydrogen-bond acceptors (Lipinski definition) is 7. The second-order valence-corrected chi connectivity index (χ2v) is 8.70. The molecule has 34 heavy (non-hydrogen) atoms. The smallest absolute Gasteiger partial charge is 0.256 e. The van der Waals surface area contributed by atoms with Gasteiger partial charge in [0, 0.05) is 30.4 Å². The second-order valence-electron chi connectivity index (χ2n) is 8.29. The van der Waals surface area contributed by atoms with Gasteiger partial charge in [-0.3, -0.25) is 4.79 Å². The molecule has 3 aromatic rings. The third kappa shape index (κ3) is 4.91. The summed E-state index contributed by atoms with van der Waals surface area (Å²) in [5, 5.41) is 7.54. The van der Waals surface area contributed by atoms with E-state index in [2.05, 4.69) is 20.6 Å². The van der Waals surface area contributed by atoms with Crippen LogP contribution in [-0.2, 0) is 4.74 Å². The van der Waals surface area contributed by atoms with E-state index in [4.69, 9.17) is 21.1 Å². The maximum absolute atomic E-state index is 14.8. The Morgan fingerprint density at radius 3 is 2.76 bits per heavy atom. The molecular formula is C24H25ClFN5O3. The zero-order valence-electron chi connectivity index (χ0n) is 18.5. The fourth-order valence-electron chi connectivity index (χ4n) is 4.14. The highest BCUT2D eigenvalue weighted by atomic mass is 35.5. The van der Waals surface area contributed by atoms with Gasteiger partial charge in [0.25, 0.3) is 5.91 Å². The van der Waals surface area contributed by atoms with Crippen LogP contribution < -0.4 is 15.4 Å². The summed E-state index contributed by atoms with van der Waals surface area (Å²) in [5.74, 6) is -0.0464. The van der Waals surface area contributed by atoms with Gasteiger partial charge in [0.05, 0.1) is 23.8 Å². The van der Waals surface area contributed by atoms with Gasteiger partial charge in [-0.1, -0.05) is 11.6 Å². The lowest BCUT2D eigenvalue weighted by atomic mass is 10.1. The highest BCUT2D eigenvalue weighted by molar-refractivity contribution is 6.35. The molecule has 0 saturated carbocycles. The van der Waals surface area contributed by atoms with Crippen LogP contribution in [0.5, 0.6) is 5.75 Å². The van der Waals surface area contributed by atoms with Crippen molar-refractivity contribution in [2.24, 2.45) is 0 Å². The molecule has 10 heteroatoms. The molecule has 2 aliphatic heterocycles. The van der Waals surface area contributed by atoms with Crippen molar-refractivity contribution >= 4 is 40.0 Å². The predicted octanol–water partition coefficient (Wildman–Crippen LogP) is 3.77. The van der Waals surface area contributed by atoms with E-state index >= 15 is 0 Å². The summed E-state index contributed by atoms with van der Waals surface area (Å²) in [4.78, 5) is 23.1. The largest absolute Gasteiger partial charge is 0.488 e. The molecule has 0 radical (unpaired) electrons. The van der Waals surface area contributed by atoms with E-state index in [1.165, 1.54) is 12.1 Å². The predicted molar refractivity (Wildman–Crippen MR) is 127 cm³/mol. The molecule has 2 N–H and O–H groups in total. The summed E-state index contributed by atoms with van der Waals surface area (Å²) < 4.78 is 26.3. The van der Waals surface area contributed by atoms with Gasteiger partial charge in [-0.25, -0.2) is 14.4 Å². The van der Waals surface area contributed by atoms with Crippen molar-refractivity contribution in [2.45, 2.75) is 18.9 Å². The minimum atomic E-state index is -0.611. The SMILES string of the molecule is O=C(c1ccc(Nc2ncc3c(Cl)ccc(OC4CCNCC4)c3n2)cc1F)N1CCOCC1. The molecule has 3 heterocycles. The number of aromatic nitrogens is 2. The first kappa shape index (κ1) is 22.8. The van der Waals surface area contributed by atoms with Gasteiger partial charge in [0.1, 0.15) is 23.2 Å². The van der Waals surface area contributed by atoms with E-state index in [0.717, 1.165) is 25.9 Å². The first-order chi connectivity index (χ1) is 16.6. The Bertz CT molecular complexity index is 1200. The molecule has 8 nitrogen and oxygen atoms in total. The highest BCUT2D eigenvalue weighted by Crippen LogP contribution is 2.32. The minimum Gasteiger partial charge on any atom is -0.488 e. The average molecular weight is 486 g/mol. The molecule has 2 saturated heterocycles. The average Bonchev–Trinajstić information content (AvgIpc) is 2.87. The van der Waals surface area contributed by atoms with E-state index in [1.807, 2.05) is 6.07 Å². The number of benzene rings is 2. The van der Waals surface area contributed by atoms with Crippen molar-refractivity contribution in [1.29, 1.82) is 0 Å². The summed E-state index contributed by atoms with van der Waals surface area (Å²) in [7, 11) is 0. The number of fused-ring (bicyclic) bond motifs is 1. The Hall–Kier alpha value is -3.01. The van der Waals surface area contributed by atoms with Crippen LogP contribution in [-0.4, -0.2) is 66.3 Å². The number of ether oxygens (including phenoxy) is 2. The summed E-state index contributed by atoms with van der Waals surface area (Å²) in [5.41, 5.74) is 1.04. The molecule has 0 bridgehead atoms. The maximum atomic E-state index is 14.8. The molecule has 2 aliphatic rings. The Labute approximate surface area is 201 Å². The standard InChI is InChI=1S/C24H25ClFN5O3/c25-19-3-4-21(34-16-5-7-27-8-6-16)22-18(19)14-28-24(30-22)29-15-1-2-17(20(26)13-15)23(32)31-9-11-33-12-10-31/h1-4,13-14,16,27H,5-12H2,(H,28,29,30). The van der Waals surface area contributed by atoms with Gasteiger partial charge in [0.2, 0.25) is 5.95 Å². The van der Waals surface area contributed by atoms with Gasteiger partial charge < -0.3 is 25.0 Å². The van der Waals surface area contributed by atoms with E-state index in [9.17, 15) is 9.18 Å². The molecule has 178 valence electrons. The number of rotatable bonds is 5. The van der Waals surface area contributed by atoms with Gasteiger partial charge >= 0.3 is 0 Å². The van der Waals surface area contributed by atoms with Crippen LogP contribution in [0.4, 0.5) is 16.0 Å². The lowest BCUT2D eigenvalue weighted by molar-refractivity contribution is 0.0300. The quantitative estimate of drug-likeness (QED) is 0.568. The van der Waals surface area contributed by atoms with Crippen molar-refractivity contribution in [3.8, 4) is 5.75 Å². The summed E-state index contributed by atoms with van der Waals surface area (Å²) in [6.45, 7) is 3.64. The van der Waals surface area contributed by atoms with Crippen molar-refractivity contribution in [3.63, 3.8) is 0 Å². The van der Waals surface area contributed by atoms with Crippen LogP contribution in [0, 0.1) is 5.82 Å². The number of halogens is 2. The monoisotopic (exact) mass is 485 g/mol. The lowest BCUT2D eigenvalue weighted by Crippen LogP contribution is -2.41. The molecule has 1 aromatic heterocycles. The highest BCUT2D eigenvalue weighted by Gasteiger charge is 2.22. The molecule has 2 aromatic carbocycles. The van der Waals surface area contributed by atoms with Gasteiger partial charge in [-0.15, -0.1) is 0 Å². The zero-order valence-corrected chi connectivity index (χ0v) is 19.3. The lowest BCUT2D eigenvalue weighted by Gasteiger charge is -2.27. The van der Waals surface area contributed by atoms with Crippen molar-refractivity contribution in [2.75, 3.05) is 44.7 Å². The Balaban J connectivity index is 1.37. The van der Waals surface area contributed by atoms with Crippen LogP contribution in [0.3, 0.4) is 0 Å². The fraction of sp³-hybridized carbons (Fsp3) is 0.375. The Kier molecular flexibility index (Phi) is 6.75. The van der Waals surface area contributed by atoms with Gasteiger partial charge in [0.15, 0.2) is 0 Å². The Morgan fingerprint density at radius 2 is 2.00 bits per heavy atom. The first-order valence-electron chi connectivity index (χ1n) is 11.3. The van der Waals surface area contributed by atoms with E-state index in [-0.39, 0.29) is 23.5 Å². The molecule has 5 rings (SSSR count). The number of hydrogen-bond donors (Lipinski definition) is 2. The molecule has 2 fully saturated rings. The van der Waals surface area contributed by atoms with Crippen LogP contribution in [0.1, 0.15) is 23.2 Å². The third-order valence-corrected chi connectivity index (χ3v) is 6.32. The molecular weight excluding hydrogens is 461 g/mol. The maximum Gasteiger partial charge on any atom is 0.256 e. The number of nitrogens with zero attached hydrogens (tertiary/aromatic N) is 3. The zero-order chi connectivity index (χ0) is 23.5. The number of morpholine rings is 1. The van der Waals surface area contributed by atoms with Crippen molar-refractivity contribution in [3.05, 3.63) is 52.9 Å². The van der Waals surface area contributed by atoms with Crippen LogP contribution in [0.15, 0.2) is 36.5 Å². The number of amides is 1.